The molecule has 0 saturated heterocycles. The number of hydrogen-bond acceptors (Lipinski definition) is 5. The Kier molecular flexibility index (Phi) is 4.01. The number of aromatic amines is 2. The lowest BCUT2D eigenvalue weighted by atomic mass is 10.0. The van der Waals surface area contributed by atoms with Crippen LogP contribution in [0.4, 0.5) is 8.78 Å². The van der Waals surface area contributed by atoms with E-state index in [0.717, 1.165) is 28.5 Å². The molecule has 11 heteroatoms. The molecule has 0 amide bonds. The van der Waals surface area contributed by atoms with Gasteiger partial charge in [0, 0.05) is 41.9 Å². The van der Waals surface area contributed by atoms with E-state index >= 15 is 0 Å². The van der Waals surface area contributed by atoms with E-state index < -0.39 is 23.1 Å². The third-order valence-electron chi connectivity index (χ3n) is 7.12. The van der Waals surface area contributed by atoms with Crippen LogP contribution in [0.3, 0.4) is 0 Å². The summed E-state index contributed by atoms with van der Waals surface area (Å²) in [4.78, 5) is 33.0. The smallest absolute Gasteiger partial charge is 0.313 e. The Balaban J connectivity index is 1.24. The quantitative estimate of drug-likeness (QED) is 0.406. The fourth-order valence-corrected chi connectivity index (χ4v) is 4.99. The molecule has 0 spiro atoms. The van der Waals surface area contributed by atoms with Crippen LogP contribution in [0.15, 0.2) is 58.6 Å². The van der Waals surface area contributed by atoms with Gasteiger partial charge in [0.05, 0.1) is 29.5 Å². The van der Waals surface area contributed by atoms with Crippen molar-refractivity contribution in [3.05, 3.63) is 81.0 Å². The Morgan fingerprint density at radius 1 is 1.17 bits per heavy atom. The molecule has 2 unspecified atom stereocenters. The van der Waals surface area contributed by atoms with Crippen LogP contribution in [0.1, 0.15) is 35.8 Å². The molecular weight excluding hydrogens is 456 g/mol. The predicted molar refractivity (Wildman–Crippen MR) is 123 cm³/mol. The summed E-state index contributed by atoms with van der Waals surface area (Å²) in [5, 5.41) is 9.76. The number of nitrogens with zero attached hydrogens (tertiary/aromatic N) is 5. The van der Waals surface area contributed by atoms with E-state index in [9.17, 15) is 18.4 Å². The van der Waals surface area contributed by atoms with Crippen LogP contribution in [0, 0.1) is 5.92 Å². The van der Waals surface area contributed by atoms with Gasteiger partial charge in [0.1, 0.15) is 0 Å². The van der Waals surface area contributed by atoms with Crippen molar-refractivity contribution in [2.45, 2.75) is 37.1 Å². The van der Waals surface area contributed by atoms with Gasteiger partial charge in [0.15, 0.2) is 5.65 Å². The fourth-order valence-electron chi connectivity index (χ4n) is 4.99. The van der Waals surface area contributed by atoms with Crippen LogP contribution in [0.25, 0.3) is 27.8 Å². The normalized spacial score (nSPS) is 22.6. The molecule has 176 valence electrons. The van der Waals surface area contributed by atoms with Gasteiger partial charge < -0.3 is 4.98 Å². The van der Waals surface area contributed by atoms with E-state index in [1.165, 1.54) is 6.20 Å². The first-order valence-electron chi connectivity index (χ1n) is 11.4. The van der Waals surface area contributed by atoms with Gasteiger partial charge in [-0.1, -0.05) is 12.1 Å². The standard InChI is InChI=1S/C24H19F2N7O2/c25-24(26)8-14(24)11-33-20-5-12(1-2-13(20)9-29-33)15-6-16(15)17-7-19(31-32-4-3-27-21(17)32)18-10-28-23(35)30-22(18)34/h1-5,7,9-10,14-16H,6,8,11H2,(H2,28,30,34,35)/t14?,15-,16?/m1/s1. The lowest BCUT2D eigenvalue weighted by Crippen LogP contribution is -2.23. The predicted octanol–water partition coefficient (Wildman–Crippen LogP) is 3.05. The number of nitrogens with one attached hydrogen (secondary N) is 2. The number of hydrogen-bond donors (Lipinski definition) is 2. The number of rotatable bonds is 5. The van der Waals surface area contributed by atoms with E-state index in [2.05, 4.69) is 31.2 Å². The second kappa shape index (κ2) is 6.94. The fraction of sp³-hybridized carbons (Fsp3) is 0.292. The molecule has 5 aromatic rings. The van der Waals surface area contributed by atoms with Gasteiger partial charge in [-0.3, -0.25) is 14.5 Å². The van der Waals surface area contributed by atoms with E-state index in [4.69, 9.17) is 0 Å². The van der Waals surface area contributed by atoms with Crippen molar-refractivity contribution in [2.75, 3.05) is 0 Å². The molecule has 4 heterocycles. The van der Waals surface area contributed by atoms with E-state index in [-0.39, 0.29) is 30.4 Å². The molecule has 2 fully saturated rings. The molecule has 7 rings (SSSR count). The monoisotopic (exact) mass is 475 g/mol. The Morgan fingerprint density at radius 2 is 2.03 bits per heavy atom. The summed E-state index contributed by atoms with van der Waals surface area (Å²) < 4.78 is 30.2. The Bertz CT molecular complexity index is 1750. The maximum Gasteiger partial charge on any atom is 0.325 e. The van der Waals surface area contributed by atoms with Crippen LogP contribution in [-0.4, -0.2) is 40.3 Å². The largest absolute Gasteiger partial charge is 0.325 e. The summed E-state index contributed by atoms with van der Waals surface area (Å²) >= 11 is 0. The molecule has 3 atom stereocenters. The first kappa shape index (κ1) is 20.2. The van der Waals surface area contributed by atoms with E-state index in [1.807, 2.05) is 18.2 Å². The molecule has 0 bridgehead atoms. The number of benzene rings is 1. The van der Waals surface area contributed by atoms with Crippen LogP contribution in [0.5, 0.6) is 0 Å². The summed E-state index contributed by atoms with van der Waals surface area (Å²) in [5.41, 5.74) is 3.25. The van der Waals surface area contributed by atoms with Crippen molar-refractivity contribution < 1.29 is 8.78 Å². The van der Waals surface area contributed by atoms with Gasteiger partial charge in [-0.25, -0.2) is 23.1 Å². The zero-order chi connectivity index (χ0) is 23.9. The summed E-state index contributed by atoms with van der Waals surface area (Å²) in [6.45, 7) is 0.212. The lowest BCUT2D eigenvalue weighted by molar-refractivity contribution is 0.0945. The summed E-state index contributed by atoms with van der Waals surface area (Å²) in [7, 11) is 0. The minimum atomic E-state index is -2.58. The average Bonchev–Trinajstić information content (AvgIpc) is 3.59. The van der Waals surface area contributed by atoms with Gasteiger partial charge in [-0.05, 0) is 36.0 Å². The van der Waals surface area contributed by atoms with Gasteiger partial charge in [0.25, 0.3) is 11.5 Å². The summed E-state index contributed by atoms with van der Waals surface area (Å²) in [6.07, 6.45) is 7.25. The van der Waals surface area contributed by atoms with Gasteiger partial charge in [-0.15, -0.1) is 0 Å². The first-order valence-corrected chi connectivity index (χ1v) is 11.4. The van der Waals surface area contributed by atoms with Crippen molar-refractivity contribution in [1.82, 2.24) is 34.3 Å². The minimum Gasteiger partial charge on any atom is -0.313 e. The molecule has 4 aromatic heterocycles. The number of aromatic nitrogens is 7. The highest BCUT2D eigenvalue weighted by atomic mass is 19.3. The molecule has 2 aliphatic rings. The molecule has 0 aliphatic heterocycles. The molecule has 1 aromatic carbocycles. The summed E-state index contributed by atoms with van der Waals surface area (Å²) in [5.74, 6) is -2.86. The average molecular weight is 475 g/mol. The molecule has 35 heavy (non-hydrogen) atoms. The number of imidazole rings is 1. The third kappa shape index (κ3) is 3.29. The van der Waals surface area contributed by atoms with Crippen LogP contribution >= 0.6 is 0 Å². The zero-order valence-corrected chi connectivity index (χ0v) is 18.3. The van der Waals surface area contributed by atoms with Crippen molar-refractivity contribution in [1.29, 1.82) is 0 Å². The Labute approximate surface area is 195 Å². The van der Waals surface area contributed by atoms with E-state index in [1.54, 1.807) is 27.8 Å². The molecule has 2 saturated carbocycles. The van der Waals surface area contributed by atoms with Crippen LogP contribution < -0.4 is 11.2 Å². The Hall–Kier alpha value is -4.15. The molecular formula is C24H19F2N7O2. The number of alkyl halides is 2. The van der Waals surface area contributed by atoms with Crippen LogP contribution in [-0.2, 0) is 6.54 Å². The van der Waals surface area contributed by atoms with Crippen LogP contribution in [0.2, 0.25) is 0 Å². The summed E-state index contributed by atoms with van der Waals surface area (Å²) in [6, 6.07) is 7.94. The molecule has 2 aliphatic carbocycles. The van der Waals surface area contributed by atoms with Gasteiger partial charge in [0.2, 0.25) is 0 Å². The molecule has 0 radical (unpaired) electrons. The SMILES string of the molecule is O=c1[nH]cc(-c2cc(C3C[C@@H]3c3ccc4cnn(CC5CC5(F)F)c4c3)c3nccn3n2)c(=O)[nH]1. The molecule has 2 N–H and O–H groups in total. The second-order valence-electron chi connectivity index (χ2n) is 9.42. The maximum absolute atomic E-state index is 13.5. The number of halogens is 2. The third-order valence-corrected chi connectivity index (χ3v) is 7.12. The highest BCUT2D eigenvalue weighted by Crippen LogP contribution is 2.56. The first-order chi connectivity index (χ1) is 16.9. The topological polar surface area (TPSA) is 114 Å². The maximum atomic E-state index is 13.5. The highest BCUT2D eigenvalue weighted by molar-refractivity contribution is 5.80. The molecule has 9 nitrogen and oxygen atoms in total. The van der Waals surface area contributed by atoms with E-state index in [0.29, 0.717) is 11.3 Å². The van der Waals surface area contributed by atoms with Gasteiger partial charge >= 0.3 is 5.69 Å². The van der Waals surface area contributed by atoms with Crippen molar-refractivity contribution in [3.63, 3.8) is 0 Å². The zero-order valence-electron chi connectivity index (χ0n) is 18.3. The van der Waals surface area contributed by atoms with Crippen molar-refractivity contribution in [2.24, 2.45) is 5.92 Å². The lowest BCUT2D eigenvalue weighted by Gasteiger charge is -2.08. The van der Waals surface area contributed by atoms with Gasteiger partial charge in [-0.2, -0.15) is 10.2 Å². The Morgan fingerprint density at radius 3 is 2.83 bits per heavy atom. The minimum absolute atomic E-state index is 0.0818. The number of H-pyrrole nitrogens is 2. The highest BCUT2D eigenvalue weighted by Gasteiger charge is 2.57. The van der Waals surface area contributed by atoms with Crippen molar-refractivity contribution in [3.8, 4) is 11.3 Å². The second-order valence-corrected chi connectivity index (χ2v) is 9.42. The number of fused-ring (bicyclic) bond motifs is 2. The van der Waals surface area contributed by atoms with Crippen molar-refractivity contribution >= 4 is 16.6 Å².